The fraction of sp³-hybridized carbons (Fsp3) is 0.167. The Bertz CT molecular complexity index is 510. The van der Waals surface area contributed by atoms with E-state index >= 15 is 0 Å². The molecule has 0 saturated carbocycles. The van der Waals surface area contributed by atoms with Gasteiger partial charge in [-0.15, -0.1) is 0 Å². The molecule has 0 fully saturated rings. The van der Waals surface area contributed by atoms with Crippen LogP contribution in [0.2, 0.25) is 0 Å². The second-order valence-corrected chi connectivity index (χ2v) is 3.58. The molecule has 0 atom stereocenters. The molecule has 0 aliphatic heterocycles. The number of benzene rings is 1. The average molecular weight is 232 g/mol. The summed E-state index contributed by atoms with van der Waals surface area (Å²) in [6.45, 7) is 1.95. The van der Waals surface area contributed by atoms with Crippen molar-refractivity contribution in [2.24, 2.45) is 0 Å². The number of anilines is 3. The van der Waals surface area contributed by atoms with Gasteiger partial charge >= 0.3 is 0 Å². The van der Waals surface area contributed by atoms with E-state index in [1.54, 1.807) is 18.2 Å². The number of nitrogens with one attached hydrogen (secondary N) is 1. The largest absolute Gasteiger partial charge is 0.384 e. The molecule has 17 heavy (non-hydrogen) atoms. The average Bonchev–Trinajstić information content (AvgIpc) is 2.31. The van der Waals surface area contributed by atoms with Crippen LogP contribution in [0.15, 0.2) is 30.3 Å². The summed E-state index contributed by atoms with van der Waals surface area (Å²) in [6, 6.07) is 7.68. The molecule has 2 aromatic rings. The Labute approximate surface area is 98.7 Å². The zero-order chi connectivity index (χ0) is 12.3. The lowest BCUT2D eigenvalue weighted by atomic mass is 10.3. The van der Waals surface area contributed by atoms with Crippen molar-refractivity contribution >= 4 is 17.3 Å². The summed E-state index contributed by atoms with van der Waals surface area (Å²) in [5.41, 5.74) is 6.42. The van der Waals surface area contributed by atoms with Crippen LogP contribution >= 0.6 is 0 Å². The van der Waals surface area contributed by atoms with Crippen LogP contribution in [0, 0.1) is 5.82 Å². The van der Waals surface area contributed by atoms with Gasteiger partial charge in [-0.05, 0) is 24.3 Å². The Kier molecular flexibility index (Phi) is 3.18. The van der Waals surface area contributed by atoms with Gasteiger partial charge in [0.25, 0.3) is 0 Å². The molecule has 0 radical (unpaired) electrons. The standard InChI is InChI=1S/C12H13FN4/c1-2-11-16-10(14)7-12(17-11)15-9-5-3-8(13)4-6-9/h3-7H,2H2,1H3,(H3,14,15,16,17). The molecule has 0 amide bonds. The second-order valence-electron chi connectivity index (χ2n) is 3.58. The van der Waals surface area contributed by atoms with Crippen molar-refractivity contribution in [3.05, 3.63) is 42.0 Å². The predicted octanol–water partition coefficient (Wildman–Crippen LogP) is 2.50. The fourth-order valence-corrected chi connectivity index (χ4v) is 1.42. The number of hydrogen-bond donors (Lipinski definition) is 2. The van der Waals surface area contributed by atoms with E-state index in [4.69, 9.17) is 5.73 Å². The molecule has 0 bridgehead atoms. The Morgan fingerprint density at radius 1 is 1.24 bits per heavy atom. The summed E-state index contributed by atoms with van der Waals surface area (Å²) in [5, 5.41) is 3.05. The molecule has 2 rings (SSSR count). The number of aryl methyl sites for hydroxylation is 1. The monoisotopic (exact) mass is 232 g/mol. The lowest BCUT2D eigenvalue weighted by Gasteiger charge is -2.07. The molecule has 3 N–H and O–H groups in total. The Hall–Kier alpha value is -2.17. The van der Waals surface area contributed by atoms with E-state index < -0.39 is 0 Å². The van der Waals surface area contributed by atoms with Crippen LogP contribution in [0.1, 0.15) is 12.7 Å². The van der Waals surface area contributed by atoms with E-state index in [9.17, 15) is 4.39 Å². The molecule has 5 heteroatoms. The summed E-state index contributed by atoms with van der Waals surface area (Å²) >= 11 is 0. The maximum atomic E-state index is 12.7. The SMILES string of the molecule is CCc1nc(N)cc(Nc2ccc(F)cc2)n1. The Morgan fingerprint density at radius 2 is 1.94 bits per heavy atom. The van der Waals surface area contributed by atoms with Crippen molar-refractivity contribution in [2.45, 2.75) is 13.3 Å². The highest BCUT2D eigenvalue weighted by atomic mass is 19.1. The van der Waals surface area contributed by atoms with E-state index in [0.29, 0.717) is 23.9 Å². The zero-order valence-corrected chi connectivity index (χ0v) is 9.44. The summed E-state index contributed by atoms with van der Waals surface area (Å²) < 4.78 is 12.7. The molecule has 1 aromatic carbocycles. The number of aromatic nitrogens is 2. The van der Waals surface area contributed by atoms with Gasteiger partial charge in [0, 0.05) is 18.2 Å². The molecular weight excluding hydrogens is 219 g/mol. The summed E-state index contributed by atoms with van der Waals surface area (Å²) in [7, 11) is 0. The first-order valence-electron chi connectivity index (χ1n) is 5.33. The van der Waals surface area contributed by atoms with Crippen LogP contribution in [-0.4, -0.2) is 9.97 Å². The van der Waals surface area contributed by atoms with Gasteiger partial charge < -0.3 is 11.1 Å². The molecule has 1 aromatic heterocycles. The molecular formula is C12H13FN4. The highest BCUT2D eigenvalue weighted by Crippen LogP contribution is 2.16. The number of nitrogens with zero attached hydrogens (tertiary/aromatic N) is 2. The van der Waals surface area contributed by atoms with E-state index in [1.807, 2.05) is 6.92 Å². The van der Waals surface area contributed by atoms with Crippen LogP contribution in [0.4, 0.5) is 21.7 Å². The van der Waals surface area contributed by atoms with E-state index in [0.717, 1.165) is 5.69 Å². The molecule has 0 aliphatic carbocycles. The lowest BCUT2D eigenvalue weighted by Crippen LogP contribution is -2.02. The number of nitrogens with two attached hydrogens (primary N) is 1. The van der Waals surface area contributed by atoms with Crippen molar-refractivity contribution < 1.29 is 4.39 Å². The van der Waals surface area contributed by atoms with Gasteiger partial charge in [0.2, 0.25) is 0 Å². The van der Waals surface area contributed by atoms with Crippen LogP contribution in [0.3, 0.4) is 0 Å². The van der Waals surface area contributed by atoms with Gasteiger partial charge in [-0.25, -0.2) is 14.4 Å². The first-order chi connectivity index (χ1) is 8.17. The van der Waals surface area contributed by atoms with E-state index in [2.05, 4.69) is 15.3 Å². The number of nitrogen functional groups attached to an aromatic ring is 1. The van der Waals surface area contributed by atoms with Gasteiger partial charge in [0.15, 0.2) is 0 Å². The number of hydrogen-bond acceptors (Lipinski definition) is 4. The fourth-order valence-electron chi connectivity index (χ4n) is 1.42. The van der Waals surface area contributed by atoms with Crippen molar-refractivity contribution in [3.8, 4) is 0 Å². The first kappa shape index (κ1) is 11.3. The first-order valence-corrected chi connectivity index (χ1v) is 5.33. The maximum absolute atomic E-state index is 12.7. The molecule has 1 heterocycles. The van der Waals surface area contributed by atoms with Crippen molar-refractivity contribution in [1.29, 1.82) is 0 Å². The van der Waals surface area contributed by atoms with Crippen LogP contribution in [-0.2, 0) is 6.42 Å². The number of rotatable bonds is 3. The van der Waals surface area contributed by atoms with Gasteiger partial charge in [-0.1, -0.05) is 6.92 Å². The number of halogens is 1. The summed E-state index contributed by atoms with van der Waals surface area (Å²) in [6.07, 6.45) is 0.711. The second kappa shape index (κ2) is 4.78. The lowest BCUT2D eigenvalue weighted by molar-refractivity contribution is 0.628. The van der Waals surface area contributed by atoms with Crippen LogP contribution in [0.25, 0.3) is 0 Å². The highest BCUT2D eigenvalue weighted by molar-refractivity contribution is 5.58. The van der Waals surface area contributed by atoms with Crippen molar-refractivity contribution in [1.82, 2.24) is 9.97 Å². The minimum absolute atomic E-state index is 0.271. The predicted molar refractivity (Wildman–Crippen MR) is 65.5 cm³/mol. The summed E-state index contributed by atoms with van der Waals surface area (Å²) in [4.78, 5) is 8.35. The van der Waals surface area contributed by atoms with Gasteiger partial charge in [-0.3, -0.25) is 0 Å². The molecule has 0 aliphatic rings. The van der Waals surface area contributed by atoms with Gasteiger partial charge in [0.1, 0.15) is 23.3 Å². The zero-order valence-electron chi connectivity index (χ0n) is 9.44. The quantitative estimate of drug-likeness (QED) is 0.853. The van der Waals surface area contributed by atoms with Crippen LogP contribution < -0.4 is 11.1 Å². The van der Waals surface area contributed by atoms with E-state index in [1.165, 1.54) is 12.1 Å². The topological polar surface area (TPSA) is 63.8 Å². The van der Waals surface area contributed by atoms with Gasteiger partial charge in [0.05, 0.1) is 0 Å². The smallest absolute Gasteiger partial charge is 0.136 e. The Morgan fingerprint density at radius 3 is 2.59 bits per heavy atom. The minimum Gasteiger partial charge on any atom is -0.384 e. The Balaban J connectivity index is 2.23. The highest BCUT2D eigenvalue weighted by Gasteiger charge is 2.01. The third kappa shape index (κ3) is 2.90. The van der Waals surface area contributed by atoms with Gasteiger partial charge in [-0.2, -0.15) is 0 Å². The van der Waals surface area contributed by atoms with Crippen molar-refractivity contribution in [3.63, 3.8) is 0 Å². The van der Waals surface area contributed by atoms with Crippen molar-refractivity contribution in [2.75, 3.05) is 11.1 Å². The molecule has 0 unspecified atom stereocenters. The van der Waals surface area contributed by atoms with Crippen LogP contribution in [0.5, 0.6) is 0 Å². The third-order valence-electron chi connectivity index (χ3n) is 2.23. The van der Waals surface area contributed by atoms with E-state index in [-0.39, 0.29) is 5.82 Å². The summed E-state index contributed by atoms with van der Waals surface area (Å²) in [5.74, 6) is 1.43. The molecule has 0 spiro atoms. The molecule has 4 nitrogen and oxygen atoms in total. The molecule has 0 saturated heterocycles. The molecule has 88 valence electrons. The third-order valence-corrected chi connectivity index (χ3v) is 2.23. The normalized spacial score (nSPS) is 10.2. The minimum atomic E-state index is -0.271. The maximum Gasteiger partial charge on any atom is 0.136 e.